The van der Waals surface area contributed by atoms with Gasteiger partial charge in [0.2, 0.25) is 5.91 Å². The fourth-order valence-electron chi connectivity index (χ4n) is 1.91. The van der Waals surface area contributed by atoms with Crippen LogP contribution in [0.4, 0.5) is 0 Å². The van der Waals surface area contributed by atoms with E-state index in [9.17, 15) is 9.59 Å². The topological polar surface area (TPSA) is 62.6 Å². The first-order valence-corrected chi connectivity index (χ1v) is 5.85. The highest BCUT2D eigenvalue weighted by Gasteiger charge is 2.17. The van der Waals surface area contributed by atoms with Crippen LogP contribution in [0.5, 0.6) is 0 Å². The number of carbonyl (C=O) groups excluding carboxylic acids is 2. The molecule has 92 valence electrons. The average Bonchev–Trinajstić information content (AvgIpc) is 2.90. The maximum atomic E-state index is 11.8. The van der Waals surface area contributed by atoms with Gasteiger partial charge in [0.1, 0.15) is 6.26 Å². The van der Waals surface area contributed by atoms with E-state index in [4.69, 9.17) is 4.42 Å². The molecule has 0 aliphatic carbocycles. The number of piperidine rings is 1. The van der Waals surface area contributed by atoms with Gasteiger partial charge >= 0.3 is 0 Å². The fourth-order valence-corrected chi connectivity index (χ4v) is 1.91. The second-order valence-electron chi connectivity index (χ2n) is 4.14. The van der Waals surface area contributed by atoms with Gasteiger partial charge in [-0.2, -0.15) is 0 Å². The Bertz CT molecular complexity index is 380. The number of furan rings is 1. The number of carbonyl (C=O) groups is 2. The summed E-state index contributed by atoms with van der Waals surface area (Å²) in [7, 11) is 0. The Kier molecular flexibility index (Phi) is 3.80. The molecular formula is C12H16N2O3. The van der Waals surface area contributed by atoms with Gasteiger partial charge < -0.3 is 14.6 Å². The molecule has 2 heterocycles. The second kappa shape index (κ2) is 5.52. The normalized spacial score (nSPS) is 15.6. The van der Waals surface area contributed by atoms with E-state index < -0.39 is 0 Å². The Labute approximate surface area is 99.8 Å². The van der Waals surface area contributed by atoms with Gasteiger partial charge in [0.05, 0.1) is 18.4 Å². The third-order valence-electron chi connectivity index (χ3n) is 2.89. The number of nitrogens with one attached hydrogen (secondary N) is 1. The zero-order valence-corrected chi connectivity index (χ0v) is 9.65. The molecule has 1 aromatic heterocycles. The summed E-state index contributed by atoms with van der Waals surface area (Å²) in [4.78, 5) is 25.1. The van der Waals surface area contributed by atoms with Crippen LogP contribution < -0.4 is 5.32 Å². The van der Waals surface area contributed by atoms with E-state index in [2.05, 4.69) is 5.32 Å². The summed E-state index contributed by atoms with van der Waals surface area (Å²) in [6.07, 6.45) is 6.09. The molecule has 1 aliphatic heterocycles. The van der Waals surface area contributed by atoms with Gasteiger partial charge in [-0.25, -0.2) is 0 Å². The van der Waals surface area contributed by atoms with Crippen LogP contribution in [0, 0.1) is 0 Å². The SMILES string of the molecule is O=C(NCC(=O)N1CCCCC1)c1ccoc1. The first-order chi connectivity index (χ1) is 8.27. The van der Waals surface area contributed by atoms with E-state index in [-0.39, 0.29) is 18.4 Å². The number of hydrogen-bond acceptors (Lipinski definition) is 3. The van der Waals surface area contributed by atoms with E-state index in [1.807, 2.05) is 0 Å². The van der Waals surface area contributed by atoms with Crippen molar-refractivity contribution in [2.24, 2.45) is 0 Å². The maximum absolute atomic E-state index is 11.8. The zero-order chi connectivity index (χ0) is 12.1. The zero-order valence-electron chi connectivity index (χ0n) is 9.65. The summed E-state index contributed by atoms with van der Waals surface area (Å²) in [6.45, 7) is 1.67. The van der Waals surface area contributed by atoms with E-state index in [1.54, 1.807) is 11.0 Å². The molecule has 1 fully saturated rings. The van der Waals surface area contributed by atoms with Crippen LogP contribution in [0.25, 0.3) is 0 Å². The molecule has 0 aromatic carbocycles. The molecule has 1 aliphatic rings. The molecule has 0 unspecified atom stereocenters. The molecule has 0 spiro atoms. The van der Waals surface area contributed by atoms with Crippen molar-refractivity contribution in [3.05, 3.63) is 24.2 Å². The van der Waals surface area contributed by atoms with Crippen molar-refractivity contribution in [3.8, 4) is 0 Å². The molecule has 1 saturated heterocycles. The van der Waals surface area contributed by atoms with Crippen LogP contribution in [0.1, 0.15) is 29.6 Å². The van der Waals surface area contributed by atoms with Gasteiger partial charge in [-0.05, 0) is 25.3 Å². The summed E-state index contributed by atoms with van der Waals surface area (Å²) >= 11 is 0. The molecule has 0 radical (unpaired) electrons. The molecule has 5 nitrogen and oxygen atoms in total. The van der Waals surface area contributed by atoms with Crippen LogP contribution in [-0.2, 0) is 4.79 Å². The summed E-state index contributed by atoms with van der Waals surface area (Å²) in [5.74, 6) is -0.286. The lowest BCUT2D eigenvalue weighted by atomic mass is 10.1. The van der Waals surface area contributed by atoms with Crippen molar-refractivity contribution in [2.75, 3.05) is 19.6 Å². The summed E-state index contributed by atoms with van der Waals surface area (Å²) < 4.78 is 4.80. The highest BCUT2D eigenvalue weighted by molar-refractivity contribution is 5.96. The van der Waals surface area contributed by atoms with Crippen molar-refractivity contribution in [2.45, 2.75) is 19.3 Å². The third kappa shape index (κ3) is 3.09. The van der Waals surface area contributed by atoms with Gasteiger partial charge in [0.15, 0.2) is 0 Å². The summed E-state index contributed by atoms with van der Waals surface area (Å²) in [5, 5.41) is 2.59. The number of hydrogen-bond donors (Lipinski definition) is 1. The van der Waals surface area contributed by atoms with Crippen LogP contribution in [0.15, 0.2) is 23.0 Å². The Morgan fingerprint density at radius 2 is 2.06 bits per heavy atom. The lowest BCUT2D eigenvalue weighted by molar-refractivity contribution is -0.130. The largest absolute Gasteiger partial charge is 0.472 e. The van der Waals surface area contributed by atoms with Gasteiger partial charge in [-0.1, -0.05) is 0 Å². The summed E-state index contributed by atoms with van der Waals surface area (Å²) in [6, 6.07) is 1.57. The minimum Gasteiger partial charge on any atom is -0.472 e. The molecule has 2 rings (SSSR count). The lowest BCUT2D eigenvalue weighted by Crippen LogP contribution is -2.42. The lowest BCUT2D eigenvalue weighted by Gasteiger charge is -2.26. The predicted octanol–water partition coefficient (Wildman–Crippen LogP) is 1.02. The van der Waals surface area contributed by atoms with Crippen molar-refractivity contribution in [1.29, 1.82) is 0 Å². The van der Waals surface area contributed by atoms with Gasteiger partial charge in [-0.15, -0.1) is 0 Å². The molecule has 2 amide bonds. The van der Waals surface area contributed by atoms with E-state index in [0.29, 0.717) is 5.56 Å². The number of rotatable bonds is 3. The van der Waals surface area contributed by atoms with E-state index >= 15 is 0 Å². The minimum absolute atomic E-state index is 0.0125. The van der Waals surface area contributed by atoms with Crippen molar-refractivity contribution in [3.63, 3.8) is 0 Å². The van der Waals surface area contributed by atoms with Crippen LogP contribution in [0.3, 0.4) is 0 Å². The van der Waals surface area contributed by atoms with Crippen molar-refractivity contribution in [1.82, 2.24) is 10.2 Å². The van der Waals surface area contributed by atoms with Crippen LogP contribution >= 0.6 is 0 Å². The first kappa shape index (κ1) is 11.7. The highest BCUT2D eigenvalue weighted by Crippen LogP contribution is 2.08. The summed E-state index contributed by atoms with van der Waals surface area (Å²) in [5.41, 5.74) is 0.441. The fraction of sp³-hybridized carbons (Fsp3) is 0.500. The third-order valence-corrected chi connectivity index (χ3v) is 2.89. The molecule has 5 heteroatoms. The number of likely N-dealkylation sites (tertiary alicyclic amines) is 1. The van der Waals surface area contributed by atoms with Crippen molar-refractivity contribution < 1.29 is 14.0 Å². The molecule has 1 N–H and O–H groups in total. The van der Waals surface area contributed by atoms with E-state index in [0.717, 1.165) is 25.9 Å². The molecule has 17 heavy (non-hydrogen) atoms. The minimum atomic E-state index is -0.274. The predicted molar refractivity (Wildman–Crippen MR) is 61.5 cm³/mol. The molecule has 0 atom stereocenters. The van der Waals surface area contributed by atoms with Crippen LogP contribution in [-0.4, -0.2) is 36.3 Å². The first-order valence-electron chi connectivity index (χ1n) is 5.85. The smallest absolute Gasteiger partial charge is 0.254 e. The Hall–Kier alpha value is -1.78. The second-order valence-corrected chi connectivity index (χ2v) is 4.14. The monoisotopic (exact) mass is 236 g/mol. The van der Waals surface area contributed by atoms with Gasteiger partial charge in [0.25, 0.3) is 5.91 Å². The maximum Gasteiger partial charge on any atom is 0.254 e. The van der Waals surface area contributed by atoms with E-state index in [1.165, 1.54) is 18.9 Å². The highest BCUT2D eigenvalue weighted by atomic mass is 16.3. The van der Waals surface area contributed by atoms with Gasteiger partial charge in [0, 0.05) is 13.1 Å². The number of amides is 2. The molecule has 1 aromatic rings. The Morgan fingerprint density at radius 3 is 2.71 bits per heavy atom. The standard InChI is InChI=1S/C12H16N2O3/c15-11(14-5-2-1-3-6-14)8-13-12(16)10-4-7-17-9-10/h4,7,9H,1-3,5-6,8H2,(H,13,16). The average molecular weight is 236 g/mol. The number of nitrogens with zero attached hydrogens (tertiary/aromatic N) is 1. The quantitative estimate of drug-likeness (QED) is 0.852. The molecular weight excluding hydrogens is 220 g/mol. The van der Waals surface area contributed by atoms with Crippen molar-refractivity contribution >= 4 is 11.8 Å². The Morgan fingerprint density at radius 1 is 1.29 bits per heavy atom. The molecule has 0 bridgehead atoms. The van der Waals surface area contributed by atoms with Gasteiger partial charge in [-0.3, -0.25) is 9.59 Å². The Balaban J connectivity index is 1.77. The molecule has 0 saturated carbocycles. The van der Waals surface area contributed by atoms with Crippen LogP contribution in [0.2, 0.25) is 0 Å².